The van der Waals surface area contributed by atoms with E-state index in [-0.39, 0.29) is 0 Å². The molecule has 0 spiro atoms. The first-order valence-electron chi connectivity index (χ1n) is 5.36. The van der Waals surface area contributed by atoms with Crippen molar-refractivity contribution < 1.29 is 0 Å². The van der Waals surface area contributed by atoms with E-state index in [9.17, 15) is 0 Å². The zero-order chi connectivity index (χ0) is 12.4. The van der Waals surface area contributed by atoms with Gasteiger partial charge in [-0.2, -0.15) is 0 Å². The van der Waals surface area contributed by atoms with Gasteiger partial charge in [-0.3, -0.25) is 0 Å². The van der Waals surface area contributed by atoms with Crippen molar-refractivity contribution in [3.63, 3.8) is 0 Å². The van der Waals surface area contributed by atoms with Gasteiger partial charge in [0.25, 0.3) is 0 Å². The lowest BCUT2D eigenvalue weighted by molar-refractivity contribution is 1.27. The Morgan fingerprint density at radius 2 is 1.59 bits per heavy atom. The van der Waals surface area contributed by atoms with Crippen molar-refractivity contribution >= 4 is 29.1 Å². The maximum Gasteiger partial charge on any atom is 0.0646 e. The predicted molar refractivity (Wildman–Crippen MR) is 75.9 cm³/mol. The predicted octanol–water partition coefficient (Wildman–Crippen LogP) is 4.69. The van der Waals surface area contributed by atoms with Gasteiger partial charge in [0, 0.05) is 9.79 Å². The number of halogens is 1. The Balaban J connectivity index is 2.25. The van der Waals surface area contributed by atoms with Crippen LogP contribution in [-0.2, 0) is 0 Å². The van der Waals surface area contributed by atoms with E-state index in [0.717, 1.165) is 4.90 Å². The summed E-state index contributed by atoms with van der Waals surface area (Å²) in [7, 11) is 0. The van der Waals surface area contributed by atoms with Gasteiger partial charge < -0.3 is 5.73 Å². The van der Waals surface area contributed by atoms with Crippen molar-refractivity contribution in [3.8, 4) is 0 Å². The number of anilines is 1. The summed E-state index contributed by atoms with van der Waals surface area (Å²) in [6.45, 7) is 4.24. The molecule has 0 unspecified atom stereocenters. The highest BCUT2D eigenvalue weighted by Crippen LogP contribution is 2.32. The molecule has 0 heterocycles. The molecule has 2 aromatic carbocycles. The fourth-order valence-corrected chi connectivity index (χ4v) is 2.69. The number of rotatable bonds is 2. The Morgan fingerprint density at radius 1 is 0.941 bits per heavy atom. The van der Waals surface area contributed by atoms with Gasteiger partial charge in [0.05, 0.1) is 10.7 Å². The van der Waals surface area contributed by atoms with Crippen LogP contribution in [0.25, 0.3) is 0 Å². The van der Waals surface area contributed by atoms with E-state index >= 15 is 0 Å². The number of hydrogen-bond donors (Lipinski definition) is 1. The average molecular weight is 264 g/mol. The number of benzene rings is 2. The summed E-state index contributed by atoms with van der Waals surface area (Å²) in [5.41, 5.74) is 8.92. The second-order valence-corrected chi connectivity index (χ2v) is 5.59. The molecule has 0 aromatic heterocycles. The summed E-state index contributed by atoms with van der Waals surface area (Å²) in [6, 6.07) is 12.2. The molecule has 2 rings (SSSR count). The topological polar surface area (TPSA) is 26.0 Å². The molecular formula is C14H14ClNS. The molecule has 2 aromatic rings. The molecule has 0 aliphatic heterocycles. The second kappa shape index (κ2) is 5.03. The third kappa shape index (κ3) is 2.96. The van der Waals surface area contributed by atoms with Crippen LogP contribution in [-0.4, -0.2) is 0 Å². The SMILES string of the molecule is Cc1ccc(Sc2ccc(N)c(Cl)c2)cc1C. The number of aryl methyl sites for hydroxylation is 2. The fourth-order valence-electron chi connectivity index (χ4n) is 1.48. The summed E-state index contributed by atoms with van der Waals surface area (Å²) < 4.78 is 0. The van der Waals surface area contributed by atoms with Crippen molar-refractivity contribution in [1.29, 1.82) is 0 Å². The highest BCUT2D eigenvalue weighted by molar-refractivity contribution is 7.99. The second-order valence-electron chi connectivity index (χ2n) is 4.03. The lowest BCUT2D eigenvalue weighted by atomic mass is 10.1. The molecule has 0 aliphatic rings. The number of nitrogens with two attached hydrogens (primary N) is 1. The minimum atomic E-state index is 0.610. The Labute approximate surface area is 111 Å². The van der Waals surface area contributed by atoms with Crippen LogP contribution < -0.4 is 5.73 Å². The van der Waals surface area contributed by atoms with Crippen molar-refractivity contribution in [2.75, 3.05) is 5.73 Å². The van der Waals surface area contributed by atoms with Crippen LogP contribution >= 0.6 is 23.4 Å². The Kier molecular flexibility index (Phi) is 3.65. The van der Waals surface area contributed by atoms with Crippen molar-refractivity contribution in [3.05, 3.63) is 52.5 Å². The van der Waals surface area contributed by atoms with Crippen LogP contribution in [0.15, 0.2) is 46.2 Å². The largest absolute Gasteiger partial charge is 0.398 e. The minimum Gasteiger partial charge on any atom is -0.398 e. The highest BCUT2D eigenvalue weighted by atomic mass is 35.5. The van der Waals surface area contributed by atoms with Gasteiger partial charge in [0.15, 0.2) is 0 Å². The first-order valence-corrected chi connectivity index (χ1v) is 6.56. The first-order chi connectivity index (χ1) is 8.06. The highest BCUT2D eigenvalue weighted by Gasteiger charge is 2.02. The van der Waals surface area contributed by atoms with E-state index in [0.29, 0.717) is 10.7 Å². The van der Waals surface area contributed by atoms with E-state index in [1.807, 2.05) is 18.2 Å². The maximum absolute atomic E-state index is 6.00. The Morgan fingerprint density at radius 3 is 2.24 bits per heavy atom. The quantitative estimate of drug-likeness (QED) is 0.796. The molecule has 0 saturated carbocycles. The summed E-state index contributed by atoms with van der Waals surface area (Å²) in [5, 5.41) is 0.610. The number of nitrogen functional groups attached to an aromatic ring is 1. The van der Waals surface area contributed by atoms with Gasteiger partial charge in [-0.1, -0.05) is 29.4 Å². The van der Waals surface area contributed by atoms with Crippen molar-refractivity contribution in [2.24, 2.45) is 0 Å². The zero-order valence-corrected chi connectivity index (χ0v) is 11.4. The van der Waals surface area contributed by atoms with E-state index in [4.69, 9.17) is 17.3 Å². The molecule has 0 atom stereocenters. The maximum atomic E-state index is 6.00. The molecule has 0 radical (unpaired) electrons. The van der Waals surface area contributed by atoms with Crippen molar-refractivity contribution in [2.45, 2.75) is 23.6 Å². The molecule has 0 fully saturated rings. The third-order valence-corrected chi connectivity index (χ3v) is 3.99. The van der Waals surface area contributed by atoms with Crippen LogP contribution in [0, 0.1) is 13.8 Å². The molecule has 0 aliphatic carbocycles. The smallest absolute Gasteiger partial charge is 0.0646 e. The summed E-state index contributed by atoms with van der Waals surface area (Å²) in [4.78, 5) is 2.32. The van der Waals surface area contributed by atoms with Gasteiger partial charge in [-0.15, -0.1) is 0 Å². The molecule has 88 valence electrons. The van der Waals surface area contributed by atoms with Gasteiger partial charge in [-0.25, -0.2) is 0 Å². The lowest BCUT2D eigenvalue weighted by Gasteiger charge is -2.06. The van der Waals surface area contributed by atoms with Gasteiger partial charge in [0.2, 0.25) is 0 Å². The van der Waals surface area contributed by atoms with E-state index < -0.39 is 0 Å². The van der Waals surface area contributed by atoms with Gasteiger partial charge in [0.1, 0.15) is 0 Å². The molecule has 3 heteroatoms. The van der Waals surface area contributed by atoms with Crippen LogP contribution in [0.2, 0.25) is 5.02 Å². The van der Waals surface area contributed by atoms with Gasteiger partial charge in [-0.05, 0) is 55.3 Å². The van der Waals surface area contributed by atoms with E-state index in [2.05, 4.69) is 32.0 Å². The normalized spacial score (nSPS) is 10.5. The standard InChI is InChI=1S/C14H14ClNS/c1-9-3-4-11(7-10(9)2)17-12-5-6-14(16)13(15)8-12/h3-8H,16H2,1-2H3. The molecule has 0 amide bonds. The minimum absolute atomic E-state index is 0.610. The summed E-state index contributed by atoms with van der Waals surface area (Å²) in [5.74, 6) is 0. The average Bonchev–Trinajstić information content (AvgIpc) is 2.29. The lowest BCUT2D eigenvalue weighted by Crippen LogP contribution is -1.86. The molecular weight excluding hydrogens is 250 g/mol. The van der Waals surface area contributed by atoms with E-state index in [1.54, 1.807) is 11.8 Å². The molecule has 0 saturated heterocycles. The Bertz CT molecular complexity index is 502. The van der Waals surface area contributed by atoms with E-state index in [1.165, 1.54) is 16.0 Å². The van der Waals surface area contributed by atoms with Crippen LogP contribution in [0.4, 0.5) is 5.69 Å². The van der Waals surface area contributed by atoms with Crippen LogP contribution in [0.5, 0.6) is 0 Å². The Hall–Kier alpha value is -1.12. The fraction of sp³-hybridized carbons (Fsp3) is 0.143. The van der Waals surface area contributed by atoms with Crippen LogP contribution in [0.3, 0.4) is 0 Å². The van der Waals surface area contributed by atoms with Gasteiger partial charge >= 0.3 is 0 Å². The molecule has 0 bridgehead atoms. The molecule has 17 heavy (non-hydrogen) atoms. The first kappa shape index (κ1) is 12.3. The van der Waals surface area contributed by atoms with Crippen LogP contribution in [0.1, 0.15) is 11.1 Å². The zero-order valence-electron chi connectivity index (χ0n) is 9.83. The van der Waals surface area contributed by atoms with Crippen molar-refractivity contribution in [1.82, 2.24) is 0 Å². The summed E-state index contributed by atoms with van der Waals surface area (Å²) in [6.07, 6.45) is 0. The molecule has 2 N–H and O–H groups in total. The summed E-state index contributed by atoms with van der Waals surface area (Å²) >= 11 is 7.69. The third-order valence-electron chi connectivity index (χ3n) is 2.69. The molecule has 1 nitrogen and oxygen atoms in total. The monoisotopic (exact) mass is 263 g/mol. The number of hydrogen-bond acceptors (Lipinski definition) is 2.